The monoisotopic (exact) mass is 286 g/mol. The molecule has 2 aromatic carbocycles. The predicted molar refractivity (Wildman–Crippen MR) is 78.0 cm³/mol. The quantitative estimate of drug-likeness (QED) is 0.727. The molecule has 3 aromatic rings. The van der Waals surface area contributed by atoms with Crippen molar-refractivity contribution in [2.24, 2.45) is 0 Å². The number of fused-ring (bicyclic) bond motifs is 1. The van der Waals surface area contributed by atoms with E-state index in [-0.39, 0.29) is 5.78 Å². The Balaban J connectivity index is 2.09. The van der Waals surface area contributed by atoms with Gasteiger partial charge in [0, 0.05) is 16.1 Å². The summed E-state index contributed by atoms with van der Waals surface area (Å²) in [5.41, 5.74) is 2.85. The van der Waals surface area contributed by atoms with Crippen molar-refractivity contribution < 1.29 is 9.90 Å². The van der Waals surface area contributed by atoms with Crippen molar-refractivity contribution >= 4 is 28.4 Å². The first-order valence-electron chi connectivity index (χ1n) is 6.07. The van der Waals surface area contributed by atoms with E-state index in [1.807, 2.05) is 18.2 Å². The molecule has 0 bridgehead atoms. The van der Waals surface area contributed by atoms with Crippen LogP contribution in [0.25, 0.3) is 22.4 Å². The lowest BCUT2D eigenvalue weighted by Gasteiger charge is -1.96. The highest BCUT2D eigenvalue weighted by atomic mass is 35.5. The van der Waals surface area contributed by atoms with Gasteiger partial charge in [0.25, 0.3) is 0 Å². The van der Waals surface area contributed by atoms with Crippen molar-refractivity contribution in [1.29, 1.82) is 0 Å². The topological polar surface area (TPSA) is 66.0 Å². The minimum Gasteiger partial charge on any atom is -0.388 e. The van der Waals surface area contributed by atoms with Crippen molar-refractivity contribution in [3.8, 4) is 11.4 Å². The molecular formula is C15H11ClN2O2. The Bertz CT molecular complexity index is 795. The molecule has 2 N–H and O–H groups in total. The largest absolute Gasteiger partial charge is 0.388 e. The summed E-state index contributed by atoms with van der Waals surface area (Å²) < 4.78 is 0. The smallest absolute Gasteiger partial charge is 0.188 e. The molecule has 0 saturated carbocycles. The fraction of sp³-hybridized carbons (Fsp3) is 0.0667. The SMILES string of the molecule is O=C(CO)c1ccc2nc(-c3cccc(Cl)c3)[nH]c2c1. The van der Waals surface area contributed by atoms with Crippen LogP contribution in [-0.4, -0.2) is 27.5 Å². The molecule has 100 valence electrons. The molecule has 3 rings (SSSR count). The van der Waals surface area contributed by atoms with Gasteiger partial charge in [0.2, 0.25) is 0 Å². The zero-order chi connectivity index (χ0) is 14.1. The molecule has 1 heterocycles. The van der Waals surface area contributed by atoms with Crippen LogP contribution in [-0.2, 0) is 0 Å². The van der Waals surface area contributed by atoms with Gasteiger partial charge in [0.15, 0.2) is 5.78 Å². The van der Waals surface area contributed by atoms with E-state index in [4.69, 9.17) is 16.7 Å². The van der Waals surface area contributed by atoms with Gasteiger partial charge in [-0.3, -0.25) is 4.79 Å². The first-order valence-corrected chi connectivity index (χ1v) is 6.45. The number of nitrogens with one attached hydrogen (secondary N) is 1. The van der Waals surface area contributed by atoms with Crippen LogP contribution >= 0.6 is 11.6 Å². The van der Waals surface area contributed by atoms with Crippen molar-refractivity contribution in [2.45, 2.75) is 0 Å². The van der Waals surface area contributed by atoms with Gasteiger partial charge in [-0.15, -0.1) is 0 Å². The number of benzene rings is 2. The lowest BCUT2D eigenvalue weighted by Crippen LogP contribution is -2.03. The highest BCUT2D eigenvalue weighted by molar-refractivity contribution is 6.30. The van der Waals surface area contributed by atoms with Gasteiger partial charge < -0.3 is 10.1 Å². The second kappa shape index (κ2) is 5.07. The normalized spacial score (nSPS) is 10.9. The summed E-state index contributed by atoms with van der Waals surface area (Å²) in [5.74, 6) is 0.377. The number of aliphatic hydroxyl groups is 1. The number of rotatable bonds is 3. The molecule has 0 unspecified atom stereocenters. The number of nitrogens with zero attached hydrogens (tertiary/aromatic N) is 1. The van der Waals surface area contributed by atoms with Crippen molar-refractivity contribution in [3.05, 3.63) is 53.1 Å². The van der Waals surface area contributed by atoms with Crippen LogP contribution < -0.4 is 0 Å². The molecule has 4 nitrogen and oxygen atoms in total. The molecule has 0 atom stereocenters. The van der Waals surface area contributed by atoms with Crippen molar-refractivity contribution in [2.75, 3.05) is 6.61 Å². The summed E-state index contributed by atoms with van der Waals surface area (Å²) in [6.45, 7) is -0.499. The van der Waals surface area contributed by atoms with Crippen LogP contribution in [0.3, 0.4) is 0 Å². The number of carbonyl (C=O) groups is 1. The molecule has 0 fully saturated rings. The fourth-order valence-corrected chi connectivity index (χ4v) is 2.24. The Morgan fingerprint density at radius 2 is 2.10 bits per heavy atom. The maximum absolute atomic E-state index is 11.5. The Morgan fingerprint density at radius 1 is 1.25 bits per heavy atom. The number of aliphatic hydroxyl groups excluding tert-OH is 1. The number of halogens is 1. The standard InChI is InChI=1S/C15H11ClN2O2/c16-11-3-1-2-10(6-11)15-17-12-5-4-9(14(20)8-19)7-13(12)18-15/h1-7,19H,8H2,(H,17,18). The lowest BCUT2D eigenvalue weighted by atomic mass is 10.1. The highest BCUT2D eigenvalue weighted by Gasteiger charge is 2.09. The van der Waals surface area contributed by atoms with Crippen LogP contribution in [0, 0.1) is 0 Å². The van der Waals surface area contributed by atoms with E-state index in [1.165, 1.54) is 0 Å². The average Bonchev–Trinajstić information content (AvgIpc) is 2.89. The van der Waals surface area contributed by atoms with Crippen LogP contribution in [0.5, 0.6) is 0 Å². The molecule has 0 aliphatic rings. The van der Waals surface area contributed by atoms with E-state index in [0.29, 0.717) is 16.4 Å². The van der Waals surface area contributed by atoms with Gasteiger partial charge in [-0.25, -0.2) is 4.98 Å². The minimum atomic E-state index is -0.499. The first kappa shape index (κ1) is 12.8. The second-order valence-corrected chi connectivity index (χ2v) is 4.85. The number of hydrogen-bond acceptors (Lipinski definition) is 3. The van der Waals surface area contributed by atoms with E-state index >= 15 is 0 Å². The van der Waals surface area contributed by atoms with Crippen LogP contribution in [0.2, 0.25) is 5.02 Å². The minimum absolute atomic E-state index is 0.314. The summed E-state index contributed by atoms with van der Waals surface area (Å²) in [6.07, 6.45) is 0. The summed E-state index contributed by atoms with van der Waals surface area (Å²) in [6, 6.07) is 12.5. The van der Waals surface area contributed by atoms with Gasteiger partial charge in [-0.2, -0.15) is 0 Å². The Morgan fingerprint density at radius 3 is 2.85 bits per heavy atom. The molecule has 0 spiro atoms. The number of Topliss-reactive ketones (excluding diaryl/α,β-unsaturated/α-hetero) is 1. The van der Waals surface area contributed by atoms with Crippen molar-refractivity contribution in [1.82, 2.24) is 9.97 Å². The number of ketones is 1. The van der Waals surface area contributed by atoms with Gasteiger partial charge in [-0.1, -0.05) is 23.7 Å². The molecule has 0 aliphatic carbocycles. The molecule has 0 radical (unpaired) electrons. The van der Waals surface area contributed by atoms with E-state index < -0.39 is 6.61 Å². The van der Waals surface area contributed by atoms with E-state index in [2.05, 4.69) is 9.97 Å². The number of aromatic amines is 1. The molecule has 0 saturated heterocycles. The number of carbonyl (C=O) groups excluding carboxylic acids is 1. The molecule has 5 heteroatoms. The maximum atomic E-state index is 11.5. The van der Waals surface area contributed by atoms with Gasteiger partial charge in [-0.05, 0) is 30.3 Å². The maximum Gasteiger partial charge on any atom is 0.188 e. The number of H-pyrrole nitrogens is 1. The highest BCUT2D eigenvalue weighted by Crippen LogP contribution is 2.23. The predicted octanol–water partition coefficient (Wildman–Crippen LogP) is 3.06. The third kappa shape index (κ3) is 2.31. The molecular weight excluding hydrogens is 276 g/mol. The third-order valence-electron chi connectivity index (χ3n) is 3.05. The first-order chi connectivity index (χ1) is 9.67. The summed E-state index contributed by atoms with van der Waals surface area (Å²) in [4.78, 5) is 19.1. The lowest BCUT2D eigenvalue weighted by molar-refractivity contribution is 0.0904. The molecule has 0 amide bonds. The summed E-state index contributed by atoms with van der Waals surface area (Å²) >= 11 is 5.96. The Kier molecular flexibility index (Phi) is 3.26. The zero-order valence-electron chi connectivity index (χ0n) is 10.4. The fourth-order valence-electron chi connectivity index (χ4n) is 2.05. The Hall–Kier alpha value is -2.17. The van der Waals surface area contributed by atoms with Crippen molar-refractivity contribution in [3.63, 3.8) is 0 Å². The number of hydrogen-bond donors (Lipinski definition) is 2. The number of imidazole rings is 1. The van der Waals surface area contributed by atoms with Crippen LogP contribution in [0.1, 0.15) is 10.4 Å². The number of aromatic nitrogens is 2. The molecule has 20 heavy (non-hydrogen) atoms. The molecule has 0 aliphatic heterocycles. The van der Waals surface area contributed by atoms with Crippen LogP contribution in [0.4, 0.5) is 0 Å². The zero-order valence-corrected chi connectivity index (χ0v) is 11.2. The average molecular weight is 287 g/mol. The van der Waals surface area contributed by atoms with Gasteiger partial charge in [0.1, 0.15) is 12.4 Å². The summed E-state index contributed by atoms with van der Waals surface area (Å²) in [7, 11) is 0. The Labute approximate surface area is 120 Å². The molecule has 1 aromatic heterocycles. The van der Waals surface area contributed by atoms with E-state index in [1.54, 1.807) is 24.3 Å². The summed E-state index contributed by atoms with van der Waals surface area (Å²) in [5, 5.41) is 9.52. The van der Waals surface area contributed by atoms with E-state index in [0.717, 1.165) is 16.6 Å². The van der Waals surface area contributed by atoms with E-state index in [9.17, 15) is 4.79 Å². The second-order valence-electron chi connectivity index (χ2n) is 4.41. The van der Waals surface area contributed by atoms with Crippen LogP contribution in [0.15, 0.2) is 42.5 Å². The van der Waals surface area contributed by atoms with Gasteiger partial charge >= 0.3 is 0 Å². The third-order valence-corrected chi connectivity index (χ3v) is 3.28. The van der Waals surface area contributed by atoms with Gasteiger partial charge in [0.05, 0.1) is 11.0 Å².